The number of fused-ring (bicyclic) bond motifs is 1. The summed E-state index contributed by atoms with van der Waals surface area (Å²) in [6.07, 6.45) is 0.850. The Bertz CT molecular complexity index is 741. The topological polar surface area (TPSA) is 49.4 Å². The van der Waals surface area contributed by atoms with Gasteiger partial charge in [0.15, 0.2) is 0 Å². The van der Waals surface area contributed by atoms with E-state index in [1.54, 1.807) is 4.90 Å². The van der Waals surface area contributed by atoms with E-state index in [2.05, 4.69) is 5.32 Å². The highest BCUT2D eigenvalue weighted by atomic mass is 35.5. The minimum Gasteiger partial charge on any atom is -0.351 e. The molecule has 0 bridgehead atoms. The van der Waals surface area contributed by atoms with Gasteiger partial charge in [-0.1, -0.05) is 17.7 Å². The molecular weight excluding hydrogens is 320 g/mol. The summed E-state index contributed by atoms with van der Waals surface area (Å²) in [6.45, 7) is 2.60. The molecule has 0 atom stereocenters. The fourth-order valence-corrected chi connectivity index (χ4v) is 3.56. The fourth-order valence-electron chi connectivity index (χ4n) is 2.50. The molecule has 114 valence electrons. The number of rotatable bonds is 3. The molecule has 0 radical (unpaired) electrons. The first-order chi connectivity index (χ1) is 10.5. The van der Waals surface area contributed by atoms with Crippen molar-refractivity contribution in [1.82, 2.24) is 5.32 Å². The van der Waals surface area contributed by atoms with Crippen molar-refractivity contribution in [2.24, 2.45) is 0 Å². The SMILES string of the molecule is CC(=O)NCc1ccc(C(=O)N2CCc3ccc(Cl)cc32)s1. The molecule has 0 saturated heterocycles. The predicted octanol–water partition coefficient (Wildman–Crippen LogP) is 3.24. The maximum Gasteiger partial charge on any atom is 0.268 e. The second-order valence-electron chi connectivity index (χ2n) is 5.16. The Kier molecular flexibility index (Phi) is 4.18. The van der Waals surface area contributed by atoms with Crippen LogP contribution in [0.5, 0.6) is 0 Å². The first-order valence-corrected chi connectivity index (χ1v) is 8.17. The van der Waals surface area contributed by atoms with E-state index in [9.17, 15) is 9.59 Å². The number of nitrogens with one attached hydrogen (secondary N) is 1. The van der Waals surface area contributed by atoms with Gasteiger partial charge >= 0.3 is 0 Å². The number of nitrogens with zero attached hydrogens (tertiary/aromatic N) is 1. The van der Waals surface area contributed by atoms with E-state index < -0.39 is 0 Å². The summed E-state index contributed by atoms with van der Waals surface area (Å²) >= 11 is 7.45. The lowest BCUT2D eigenvalue weighted by Crippen LogP contribution is -2.28. The van der Waals surface area contributed by atoms with Crippen molar-refractivity contribution in [3.8, 4) is 0 Å². The van der Waals surface area contributed by atoms with E-state index >= 15 is 0 Å². The van der Waals surface area contributed by atoms with Crippen LogP contribution in [0.4, 0.5) is 5.69 Å². The molecule has 3 rings (SSSR count). The molecule has 0 aliphatic carbocycles. The summed E-state index contributed by atoms with van der Waals surface area (Å²) in [6, 6.07) is 9.36. The van der Waals surface area contributed by atoms with Crippen LogP contribution in [0.3, 0.4) is 0 Å². The third-order valence-corrected chi connectivity index (χ3v) is 4.88. The zero-order chi connectivity index (χ0) is 15.7. The van der Waals surface area contributed by atoms with Crippen LogP contribution in [0.15, 0.2) is 30.3 Å². The van der Waals surface area contributed by atoms with Crippen LogP contribution in [-0.2, 0) is 17.8 Å². The number of thiophene rings is 1. The van der Waals surface area contributed by atoms with E-state index in [-0.39, 0.29) is 11.8 Å². The molecule has 4 nitrogen and oxygen atoms in total. The van der Waals surface area contributed by atoms with E-state index in [0.29, 0.717) is 23.0 Å². The zero-order valence-corrected chi connectivity index (χ0v) is 13.6. The number of halogens is 1. The molecule has 22 heavy (non-hydrogen) atoms. The molecule has 1 aliphatic heterocycles. The van der Waals surface area contributed by atoms with Gasteiger partial charge in [0.05, 0.1) is 11.4 Å². The normalized spacial score (nSPS) is 13.1. The fraction of sp³-hybridized carbons (Fsp3) is 0.250. The van der Waals surface area contributed by atoms with E-state index in [0.717, 1.165) is 22.5 Å². The summed E-state index contributed by atoms with van der Waals surface area (Å²) in [4.78, 5) is 27.0. The Balaban J connectivity index is 1.78. The molecule has 1 aromatic heterocycles. The molecule has 0 saturated carbocycles. The van der Waals surface area contributed by atoms with Gasteiger partial charge in [0.25, 0.3) is 5.91 Å². The Morgan fingerprint density at radius 3 is 2.91 bits per heavy atom. The third-order valence-electron chi connectivity index (χ3n) is 3.57. The highest BCUT2D eigenvalue weighted by molar-refractivity contribution is 7.14. The highest BCUT2D eigenvalue weighted by Gasteiger charge is 2.26. The molecule has 2 heterocycles. The summed E-state index contributed by atoms with van der Waals surface area (Å²) < 4.78 is 0. The quantitative estimate of drug-likeness (QED) is 0.936. The van der Waals surface area contributed by atoms with Gasteiger partial charge in [-0.3, -0.25) is 9.59 Å². The lowest BCUT2D eigenvalue weighted by molar-refractivity contribution is -0.119. The van der Waals surface area contributed by atoms with Gasteiger partial charge < -0.3 is 10.2 Å². The molecule has 1 aromatic carbocycles. The molecule has 0 unspecified atom stereocenters. The van der Waals surface area contributed by atoms with Gasteiger partial charge in [-0.2, -0.15) is 0 Å². The van der Waals surface area contributed by atoms with Crippen LogP contribution >= 0.6 is 22.9 Å². The molecular formula is C16H15ClN2O2S. The Morgan fingerprint density at radius 2 is 2.14 bits per heavy atom. The van der Waals surface area contributed by atoms with Crippen molar-refractivity contribution in [2.75, 3.05) is 11.4 Å². The second-order valence-corrected chi connectivity index (χ2v) is 6.76. The first kappa shape index (κ1) is 15.1. The molecule has 6 heteroatoms. The average Bonchev–Trinajstić information content (AvgIpc) is 3.11. The van der Waals surface area contributed by atoms with Crippen LogP contribution < -0.4 is 10.2 Å². The molecule has 0 spiro atoms. The number of carbonyl (C=O) groups is 2. The molecule has 0 fully saturated rings. The number of hydrogen-bond acceptors (Lipinski definition) is 3. The van der Waals surface area contributed by atoms with E-state index in [4.69, 9.17) is 11.6 Å². The van der Waals surface area contributed by atoms with Crippen molar-refractivity contribution in [1.29, 1.82) is 0 Å². The Labute approximate surface area is 137 Å². The molecule has 2 amide bonds. The van der Waals surface area contributed by atoms with Crippen LogP contribution in [0.2, 0.25) is 5.02 Å². The number of carbonyl (C=O) groups excluding carboxylic acids is 2. The predicted molar refractivity (Wildman–Crippen MR) is 88.7 cm³/mol. The van der Waals surface area contributed by atoms with Gasteiger partial charge in [0.1, 0.15) is 0 Å². The Hall–Kier alpha value is -1.85. The van der Waals surface area contributed by atoms with Crippen molar-refractivity contribution in [3.05, 3.63) is 50.7 Å². The van der Waals surface area contributed by atoms with Crippen molar-refractivity contribution in [3.63, 3.8) is 0 Å². The minimum absolute atomic E-state index is 0.0138. The molecule has 1 aliphatic rings. The largest absolute Gasteiger partial charge is 0.351 e. The second kappa shape index (κ2) is 6.10. The molecule has 2 aromatic rings. The van der Waals surface area contributed by atoms with Crippen molar-refractivity contribution >= 4 is 40.4 Å². The number of anilines is 1. The maximum absolute atomic E-state index is 12.7. The third kappa shape index (κ3) is 3.00. The van der Waals surface area contributed by atoms with Gasteiger partial charge in [-0.05, 0) is 36.2 Å². The summed E-state index contributed by atoms with van der Waals surface area (Å²) in [7, 11) is 0. The van der Waals surface area contributed by atoms with Crippen LogP contribution in [0, 0.1) is 0 Å². The van der Waals surface area contributed by atoms with E-state index in [1.165, 1.54) is 18.3 Å². The highest BCUT2D eigenvalue weighted by Crippen LogP contribution is 2.32. The lowest BCUT2D eigenvalue weighted by atomic mass is 10.2. The first-order valence-electron chi connectivity index (χ1n) is 6.98. The molecule has 1 N–H and O–H groups in total. The minimum atomic E-state index is -0.0793. The lowest BCUT2D eigenvalue weighted by Gasteiger charge is -2.16. The van der Waals surface area contributed by atoms with Gasteiger partial charge in [-0.15, -0.1) is 11.3 Å². The zero-order valence-electron chi connectivity index (χ0n) is 12.1. The van der Waals surface area contributed by atoms with Gasteiger partial charge in [0.2, 0.25) is 5.91 Å². The number of amides is 2. The van der Waals surface area contributed by atoms with Crippen LogP contribution in [-0.4, -0.2) is 18.4 Å². The Morgan fingerprint density at radius 1 is 1.32 bits per heavy atom. The monoisotopic (exact) mass is 334 g/mol. The van der Waals surface area contributed by atoms with Gasteiger partial charge in [-0.25, -0.2) is 0 Å². The van der Waals surface area contributed by atoms with Crippen LogP contribution in [0.25, 0.3) is 0 Å². The van der Waals surface area contributed by atoms with Crippen molar-refractivity contribution in [2.45, 2.75) is 19.9 Å². The summed E-state index contributed by atoms with van der Waals surface area (Å²) in [5.41, 5.74) is 2.04. The smallest absolute Gasteiger partial charge is 0.268 e. The number of hydrogen-bond donors (Lipinski definition) is 1. The average molecular weight is 335 g/mol. The van der Waals surface area contributed by atoms with Crippen LogP contribution in [0.1, 0.15) is 27.0 Å². The van der Waals surface area contributed by atoms with Gasteiger partial charge in [0, 0.05) is 29.1 Å². The standard InChI is InChI=1S/C16H15ClN2O2S/c1-10(20)18-9-13-4-5-15(22-13)16(21)19-7-6-11-2-3-12(17)8-14(11)19/h2-5,8H,6-7,9H2,1H3,(H,18,20). The summed E-state index contributed by atoms with van der Waals surface area (Å²) in [5, 5.41) is 3.37. The number of benzene rings is 1. The summed E-state index contributed by atoms with van der Waals surface area (Å²) in [5.74, 6) is -0.0931. The van der Waals surface area contributed by atoms with Crippen molar-refractivity contribution < 1.29 is 9.59 Å². The van der Waals surface area contributed by atoms with E-state index in [1.807, 2.05) is 30.3 Å². The maximum atomic E-state index is 12.7.